The lowest BCUT2D eigenvalue weighted by Gasteiger charge is -2.20. The van der Waals surface area contributed by atoms with Crippen LogP contribution in [0.15, 0.2) is 187 Å². The first-order chi connectivity index (χ1) is 24.7. The minimum Gasteiger partial charge on any atom is -0.383 e. The van der Waals surface area contributed by atoms with Gasteiger partial charge in [0.2, 0.25) is 0 Å². The van der Waals surface area contributed by atoms with Gasteiger partial charge in [-0.3, -0.25) is 0 Å². The Hall–Kier alpha value is -6.51. The minimum absolute atomic E-state index is 0.492. The molecule has 0 aliphatic carbocycles. The van der Waals surface area contributed by atoms with Gasteiger partial charge < -0.3 is 5.73 Å². The number of allylic oxidation sites excluding steroid dienone is 1. The van der Waals surface area contributed by atoms with Crippen molar-refractivity contribution in [3.8, 4) is 11.1 Å². The van der Waals surface area contributed by atoms with Crippen molar-refractivity contribution >= 4 is 65.4 Å². The fourth-order valence-corrected chi connectivity index (χ4v) is 7.54. The van der Waals surface area contributed by atoms with E-state index in [1.807, 2.05) is 30.3 Å². The third-order valence-electron chi connectivity index (χ3n) is 9.88. The van der Waals surface area contributed by atoms with Gasteiger partial charge in [0, 0.05) is 16.5 Å². The molecule has 0 saturated heterocycles. The Morgan fingerprint density at radius 3 is 1.82 bits per heavy atom. The molecule has 0 aliphatic heterocycles. The van der Waals surface area contributed by atoms with Crippen LogP contribution >= 0.6 is 0 Å². The lowest BCUT2D eigenvalue weighted by atomic mass is 9.85. The second-order valence-corrected chi connectivity index (χ2v) is 12.9. The lowest BCUT2D eigenvalue weighted by molar-refractivity contribution is 1.27. The molecule has 0 aliphatic rings. The van der Waals surface area contributed by atoms with E-state index in [2.05, 4.69) is 152 Å². The zero-order valence-corrected chi connectivity index (χ0v) is 27.6. The average Bonchev–Trinajstić information content (AvgIpc) is 3.19. The Bertz CT molecular complexity index is 2780. The molecule has 0 unspecified atom stereocenters. The van der Waals surface area contributed by atoms with Crippen LogP contribution in [0, 0.1) is 0 Å². The highest BCUT2D eigenvalue weighted by atomic mass is 14.9. The molecule has 9 rings (SSSR count). The van der Waals surface area contributed by atoms with E-state index >= 15 is 0 Å². The summed E-state index contributed by atoms with van der Waals surface area (Å²) in [5, 5.41) is 12.1. The molecule has 9 aromatic rings. The fourth-order valence-electron chi connectivity index (χ4n) is 7.54. The zero-order valence-electron chi connectivity index (χ0n) is 27.6. The van der Waals surface area contributed by atoms with Crippen molar-refractivity contribution in [1.29, 1.82) is 0 Å². The number of hydrogen-bond acceptors (Lipinski definition) is 1. The number of fused-ring (bicyclic) bond motifs is 7. The smallest absolute Gasteiger partial charge is 0.131 e. The quantitative estimate of drug-likeness (QED) is 0.0837. The van der Waals surface area contributed by atoms with E-state index in [1.165, 1.54) is 65.2 Å². The second kappa shape index (κ2) is 12.5. The number of nitrogens with two attached hydrogens (primary N) is 1. The van der Waals surface area contributed by atoms with E-state index < -0.39 is 0 Å². The third kappa shape index (κ3) is 5.19. The van der Waals surface area contributed by atoms with E-state index in [9.17, 15) is 0 Å². The molecule has 2 heteroatoms. The van der Waals surface area contributed by atoms with Crippen molar-refractivity contribution in [3.05, 3.63) is 199 Å². The molecule has 0 fully saturated rings. The molecular formula is C48H34N2. The Morgan fingerprint density at radius 2 is 1.04 bits per heavy atom. The highest BCUT2D eigenvalue weighted by Crippen LogP contribution is 2.45. The third-order valence-corrected chi connectivity index (χ3v) is 9.88. The molecule has 0 aromatic heterocycles. The molecule has 50 heavy (non-hydrogen) atoms. The highest BCUT2D eigenvalue weighted by molar-refractivity contribution is 6.25. The summed E-state index contributed by atoms with van der Waals surface area (Å²) in [6.07, 6.45) is 2.97. The monoisotopic (exact) mass is 638 g/mol. The molecule has 236 valence electrons. The van der Waals surface area contributed by atoms with Crippen molar-refractivity contribution in [2.75, 3.05) is 0 Å². The predicted molar refractivity (Wildman–Crippen MR) is 215 cm³/mol. The summed E-state index contributed by atoms with van der Waals surface area (Å²) in [4.78, 5) is 5.30. The van der Waals surface area contributed by atoms with E-state index in [0.29, 0.717) is 12.3 Å². The van der Waals surface area contributed by atoms with Crippen LogP contribution in [0.3, 0.4) is 0 Å². The van der Waals surface area contributed by atoms with Gasteiger partial charge in [0.05, 0.1) is 5.70 Å². The minimum atomic E-state index is 0.492. The average molecular weight is 639 g/mol. The number of nitrogens with zero attached hydrogens (tertiary/aromatic N) is 1. The van der Waals surface area contributed by atoms with Gasteiger partial charge in [-0.15, -0.1) is 0 Å². The number of rotatable bonds is 6. The SMILES string of the molecule is NC(=N/C(=C\Cc1ccc2c(ccc3ccccc32)c1)c1c2ccccc2c(-c2ccccc2)c2ccc3ccccc3c12)c1ccccc1. The maximum absolute atomic E-state index is 6.86. The molecule has 9 aromatic carbocycles. The summed E-state index contributed by atoms with van der Waals surface area (Å²) >= 11 is 0. The molecule has 0 radical (unpaired) electrons. The van der Waals surface area contributed by atoms with Crippen LogP contribution in [0.25, 0.3) is 70.7 Å². The molecule has 0 heterocycles. The van der Waals surface area contributed by atoms with E-state index in [1.54, 1.807) is 0 Å². The Balaban J connectivity index is 1.33. The summed E-state index contributed by atoms with van der Waals surface area (Å²) in [7, 11) is 0. The second-order valence-electron chi connectivity index (χ2n) is 12.9. The van der Waals surface area contributed by atoms with Crippen LogP contribution in [0.5, 0.6) is 0 Å². The molecule has 0 bridgehead atoms. The lowest BCUT2D eigenvalue weighted by Crippen LogP contribution is -2.13. The summed E-state index contributed by atoms with van der Waals surface area (Å²) < 4.78 is 0. The van der Waals surface area contributed by atoms with Gasteiger partial charge in [-0.05, 0) is 71.6 Å². The molecule has 0 amide bonds. The normalized spacial score (nSPS) is 12.4. The Labute approximate surface area is 291 Å². The van der Waals surface area contributed by atoms with E-state index in [4.69, 9.17) is 10.7 Å². The Kier molecular flexibility index (Phi) is 7.40. The summed E-state index contributed by atoms with van der Waals surface area (Å²) in [6, 6.07) is 62.6. The van der Waals surface area contributed by atoms with Gasteiger partial charge in [0.15, 0.2) is 0 Å². The highest BCUT2D eigenvalue weighted by Gasteiger charge is 2.20. The predicted octanol–water partition coefficient (Wildman–Crippen LogP) is 12.1. The van der Waals surface area contributed by atoms with Crippen LogP contribution < -0.4 is 5.73 Å². The zero-order chi connectivity index (χ0) is 33.4. The van der Waals surface area contributed by atoms with Gasteiger partial charge in [0.1, 0.15) is 5.84 Å². The van der Waals surface area contributed by atoms with Crippen molar-refractivity contribution in [3.63, 3.8) is 0 Å². The van der Waals surface area contributed by atoms with Gasteiger partial charge in [-0.2, -0.15) is 0 Å². The molecule has 0 spiro atoms. The number of aliphatic imine (C=N–C) groups is 1. The molecular weight excluding hydrogens is 605 g/mol. The summed E-state index contributed by atoms with van der Waals surface area (Å²) in [5.74, 6) is 0.492. The van der Waals surface area contributed by atoms with Crippen LogP contribution in [-0.2, 0) is 6.42 Å². The maximum atomic E-state index is 6.86. The summed E-state index contributed by atoms with van der Waals surface area (Å²) in [6.45, 7) is 0. The van der Waals surface area contributed by atoms with Crippen molar-refractivity contribution < 1.29 is 0 Å². The van der Waals surface area contributed by atoms with Gasteiger partial charge in [0.25, 0.3) is 0 Å². The molecule has 0 saturated carbocycles. The van der Waals surface area contributed by atoms with Crippen molar-refractivity contribution in [1.82, 2.24) is 0 Å². The maximum Gasteiger partial charge on any atom is 0.131 e. The number of benzene rings is 9. The first-order valence-corrected chi connectivity index (χ1v) is 17.1. The van der Waals surface area contributed by atoms with Crippen LogP contribution in [0.1, 0.15) is 16.7 Å². The van der Waals surface area contributed by atoms with Crippen molar-refractivity contribution in [2.24, 2.45) is 10.7 Å². The topological polar surface area (TPSA) is 38.4 Å². The Morgan fingerprint density at radius 1 is 0.480 bits per heavy atom. The van der Waals surface area contributed by atoms with Gasteiger partial charge in [-0.1, -0.05) is 182 Å². The molecule has 0 atom stereocenters. The van der Waals surface area contributed by atoms with Crippen molar-refractivity contribution in [2.45, 2.75) is 6.42 Å². The molecule has 2 N–H and O–H groups in total. The number of hydrogen-bond donors (Lipinski definition) is 1. The first kappa shape index (κ1) is 29.6. The first-order valence-electron chi connectivity index (χ1n) is 17.1. The standard InChI is InChI=1S/C48H34N2/c49-48(36-17-5-2-6-18-36)50-44(30-24-32-23-28-39-37(31-32)26-25-33-13-7-9-19-38(33)39)47-42-22-12-11-21-41(42)45(35-15-3-1-4-16-35)43-29-27-34-14-8-10-20-40(34)46(43)47/h1-23,25-31H,24H2,(H2,49,50)/b44-30-. The van der Waals surface area contributed by atoms with Crippen LogP contribution in [0.2, 0.25) is 0 Å². The largest absolute Gasteiger partial charge is 0.383 e. The summed E-state index contributed by atoms with van der Waals surface area (Å²) in [5.41, 5.74) is 13.4. The van der Waals surface area contributed by atoms with E-state index in [0.717, 1.165) is 22.2 Å². The fraction of sp³-hybridized carbons (Fsp3) is 0.0208. The molecule has 2 nitrogen and oxygen atoms in total. The van der Waals surface area contributed by atoms with Gasteiger partial charge >= 0.3 is 0 Å². The number of amidine groups is 1. The van der Waals surface area contributed by atoms with Crippen LogP contribution in [-0.4, -0.2) is 5.84 Å². The van der Waals surface area contributed by atoms with Crippen LogP contribution in [0.4, 0.5) is 0 Å². The van der Waals surface area contributed by atoms with E-state index in [-0.39, 0.29) is 0 Å². The van der Waals surface area contributed by atoms with Gasteiger partial charge in [-0.25, -0.2) is 4.99 Å².